The van der Waals surface area contributed by atoms with Gasteiger partial charge in [0.2, 0.25) is 10.5 Å². The molecule has 2 nitrogen and oxygen atoms in total. The molecule has 0 atom stereocenters. The van der Waals surface area contributed by atoms with Crippen LogP contribution in [-0.4, -0.2) is 10.5 Å². The summed E-state index contributed by atoms with van der Waals surface area (Å²) < 4.78 is 0. The monoisotopic (exact) mass is 386 g/mol. The molecule has 0 aliphatic rings. The summed E-state index contributed by atoms with van der Waals surface area (Å²) in [5.41, 5.74) is 1.80. The number of benzene rings is 1. The summed E-state index contributed by atoms with van der Waals surface area (Å²) in [6, 6.07) is 21.9. The molecule has 0 N–H and O–H groups in total. The number of hydrogen-bond acceptors (Lipinski definition) is 2. The van der Waals surface area contributed by atoms with Crippen LogP contribution in [0.1, 0.15) is 20.7 Å². The zero-order valence-electron chi connectivity index (χ0n) is 11.9. The molecule has 0 fully saturated rings. The molecule has 5 heteroatoms. The van der Waals surface area contributed by atoms with E-state index in [-0.39, 0.29) is 28.2 Å². The summed E-state index contributed by atoms with van der Waals surface area (Å²) in [5.74, 6) is 0. The van der Waals surface area contributed by atoms with Crippen LogP contribution in [0.4, 0.5) is 0 Å². The molecule has 0 aliphatic carbocycles. The van der Waals surface area contributed by atoms with Crippen LogP contribution in [0, 0.1) is 0 Å². The van der Waals surface area contributed by atoms with Crippen molar-refractivity contribution in [2.75, 3.05) is 0 Å². The van der Waals surface area contributed by atoms with Crippen LogP contribution in [0.25, 0.3) is 11.1 Å². The molecule has 3 aromatic carbocycles. The predicted octanol–water partition coefficient (Wildman–Crippen LogP) is 5.23. The molecule has 3 aromatic rings. The third-order valence-electron chi connectivity index (χ3n) is 2.99. The smallest absolute Gasteiger partial charge is 0.219 e. The SMILES string of the molecule is O=C(Cl)c1cccc(C(=O)Cl)c1-[c-]1cccc1.[Fe].[cH-]1[cH-][cH-][cH-][cH-]1. The Morgan fingerprint density at radius 1 is 0.783 bits per heavy atom. The first-order valence-corrected chi connectivity index (χ1v) is 7.28. The Hall–Kier alpha value is -1.64. The first kappa shape index (κ1) is 19.4. The van der Waals surface area contributed by atoms with E-state index in [1.807, 2.05) is 42.5 Å². The summed E-state index contributed by atoms with van der Waals surface area (Å²) in [6.45, 7) is 0. The second-order valence-corrected chi connectivity index (χ2v) is 5.10. The second-order valence-electron chi connectivity index (χ2n) is 4.41. The van der Waals surface area contributed by atoms with Crippen LogP contribution in [0.5, 0.6) is 0 Å². The van der Waals surface area contributed by atoms with Gasteiger partial charge in [0.05, 0.1) is 0 Å². The third-order valence-corrected chi connectivity index (χ3v) is 3.40. The maximum absolute atomic E-state index is 11.3. The van der Waals surface area contributed by atoms with Crippen molar-refractivity contribution in [2.24, 2.45) is 0 Å². The number of halogens is 2. The van der Waals surface area contributed by atoms with Crippen molar-refractivity contribution in [1.29, 1.82) is 0 Å². The summed E-state index contributed by atoms with van der Waals surface area (Å²) in [7, 11) is 0. The van der Waals surface area contributed by atoms with Gasteiger partial charge in [0.1, 0.15) is 0 Å². The minimum absolute atomic E-state index is 0. The normalized spacial score (nSPS) is 9.30. The molecule has 0 saturated heterocycles. The number of hydrogen-bond donors (Lipinski definition) is 0. The van der Waals surface area contributed by atoms with Gasteiger partial charge in [-0.1, -0.05) is 29.3 Å². The van der Waals surface area contributed by atoms with Crippen molar-refractivity contribution in [1.82, 2.24) is 0 Å². The van der Waals surface area contributed by atoms with Crippen molar-refractivity contribution in [3.63, 3.8) is 0 Å². The summed E-state index contributed by atoms with van der Waals surface area (Å²) in [6.07, 6.45) is 0. The van der Waals surface area contributed by atoms with Gasteiger partial charge in [-0.3, -0.25) is 9.59 Å². The van der Waals surface area contributed by atoms with Crippen LogP contribution < -0.4 is 0 Å². The number of carbonyl (C=O) groups is 2. The summed E-state index contributed by atoms with van der Waals surface area (Å²) >= 11 is 11.0. The topological polar surface area (TPSA) is 34.1 Å². The van der Waals surface area contributed by atoms with Gasteiger partial charge in [0.15, 0.2) is 0 Å². The Labute approximate surface area is 155 Å². The molecule has 0 saturated carbocycles. The van der Waals surface area contributed by atoms with Gasteiger partial charge >= 0.3 is 0 Å². The Kier molecular flexibility index (Phi) is 8.01. The average molecular weight is 387 g/mol. The Bertz CT molecular complexity index is 698. The van der Waals surface area contributed by atoms with E-state index >= 15 is 0 Å². The van der Waals surface area contributed by atoms with Crippen LogP contribution in [-0.2, 0) is 17.1 Å². The van der Waals surface area contributed by atoms with Crippen molar-refractivity contribution >= 4 is 33.7 Å². The summed E-state index contributed by atoms with van der Waals surface area (Å²) in [4.78, 5) is 22.7. The maximum atomic E-state index is 11.3. The standard InChI is InChI=1S/C13H7Cl2O2.C5H5.Fe/c14-12(16)9-6-3-7-10(13(15)17)11(9)8-4-1-2-5-8;1-2-4-5-3-1;/h1-7H;1-5H;/q-1;-5;. The van der Waals surface area contributed by atoms with E-state index in [0.717, 1.165) is 5.56 Å². The van der Waals surface area contributed by atoms with E-state index in [1.54, 1.807) is 30.3 Å². The Morgan fingerprint density at radius 3 is 1.52 bits per heavy atom. The number of rotatable bonds is 3. The zero-order chi connectivity index (χ0) is 15.9. The van der Waals surface area contributed by atoms with Crippen molar-refractivity contribution < 1.29 is 26.7 Å². The zero-order valence-corrected chi connectivity index (χ0v) is 14.5. The van der Waals surface area contributed by atoms with E-state index in [0.29, 0.717) is 5.56 Å². The molecule has 0 radical (unpaired) electrons. The molecule has 0 bridgehead atoms. The molecule has 0 aromatic heterocycles. The summed E-state index contributed by atoms with van der Waals surface area (Å²) in [5, 5.41) is -1.22. The second kappa shape index (κ2) is 9.49. The molecule has 0 unspecified atom stereocenters. The van der Waals surface area contributed by atoms with E-state index in [9.17, 15) is 9.59 Å². The third kappa shape index (κ3) is 5.19. The fourth-order valence-electron chi connectivity index (χ4n) is 2.05. The van der Waals surface area contributed by atoms with Gasteiger partial charge in [-0.05, 0) is 34.3 Å². The molecule has 3 rings (SSSR count). The van der Waals surface area contributed by atoms with Gasteiger partial charge < -0.3 is 30.3 Å². The minimum atomic E-state index is -0.610. The molecular weight excluding hydrogens is 375 g/mol. The van der Waals surface area contributed by atoms with E-state index < -0.39 is 10.5 Å². The largest absolute Gasteiger partial charge is 0.748 e. The molecule has 0 amide bonds. The van der Waals surface area contributed by atoms with Crippen molar-refractivity contribution in [3.8, 4) is 11.1 Å². The maximum Gasteiger partial charge on any atom is 0.219 e. The number of carbonyl (C=O) groups excluding carboxylic acids is 2. The molecule has 0 heterocycles. The van der Waals surface area contributed by atoms with Gasteiger partial charge in [-0.15, -0.1) is 12.1 Å². The first-order chi connectivity index (χ1) is 10.6. The van der Waals surface area contributed by atoms with Gasteiger partial charge in [0.25, 0.3) is 0 Å². The van der Waals surface area contributed by atoms with Crippen molar-refractivity contribution in [2.45, 2.75) is 0 Å². The fraction of sp³-hybridized carbons (Fsp3) is 0. The van der Waals surface area contributed by atoms with Gasteiger partial charge in [0, 0.05) is 17.1 Å². The van der Waals surface area contributed by atoms with Crippen LogP contribution in [0.3, 0.4) is 0 Å². The van der Waals surface area contributed by atoms with E-state index in [1.165, 1.54) is 0 Å². The van der Waals surface area contributed by atoms with Crippen LogP contribution in [0.2, 0.25) is 0 Å². The minimum Gasteiger partial charge on any atom is -0.748 e. The molecule has 124 valence electrons. The van der Waals surface area contributed by atoms with E-state index in [2.05, 4.69) is 0 Å². The Balaban J connectivity index is 0.000000377. The molecule has 23 heavy (non-hydrogen) atoms. The Morgan fingerprint density at radius 2 is 1.17 bits per heavy atom. The van der Waals surface area contributed by atoms with E-state index in [4.69, 9.17) is 23.2 Å². The molecular formula is C18H12Cl2FeO2-6. The quantitative estimate of drug-likeness (QED) is 0.350. The average Bonchev–Trinajstić information content (AvgIpc) is 3.22. The predicted molar refractivity (Wildman–Crippen MR) is 89.9 cm³/mol. The molecule has 0 spiro atoms. The van der Waals surface area contributed by atoms with Crippen LogP contribution in [0.15, 0.2) is 72.8 Å². The van der Waals surface area contributed by atoms with Crippen LogP contribution >= 0.6 is 23.2 Å². The molecule has 0 aliphatic heterocycles. The van der Waals surface area contributed by atoms with Gasteiger partial charge in [-0.25, -0.2) is 0 Å². The van der Waals surface area contributed by atoms with Gasteiger partial charge in [-0.2, -0.15) is 12.1 Å². The fourth-order valence-corrected chi connectivity index (χ4v) is 2.37. The first-order valence-electron chi connectivity index (χ1n) is 6.52. The van der Waals surface area contributed by atoms with Crippen molar-refractivity contribution in [3.05, 3.63) is 83.9 Å².